The van der Waals surface area contributed by atoms with E-state index in [1.54, 1.807) is 6.33 Å². The van der Waals surface area contributed by atoms with Gasteiger partial charge in [-0.1, -0.05) is 29.8 Å². The number of thiophene rings is 1. The summed E-state index contributed by atoms with van der Waals surface area (Å²) in [6, 6.07) is 11.4. The summed E-state index contributed by atoms with van der Waals surface area (Å²) in [7, 11) is 0. The fraction of sp³-hybridized carbons (Fsp3) is 0.278. The smallest absolute Gasteiger partial charge is 0.264 e. The number of carbonyl (C=O) groups is 1. The van der Waals surface area contributed by atoms with E-state index in [0.29, 0.717) is 24.8 Å². The van der Waals surface area contributed by atoms with Crippen molar-refractivity contribution in [3.63, 3.8) is 0 Å². The standard InChI is InChI=1S/C18H18ClN5OS/c19-15-5-2-1-4-14(15)17-20-12-21-24(17)13-22-7-9-23(10-8-22)18(25)16-6-3-11-26-16/h1-6,11-12H,7-10,13H2. The van der Waals surface area contributed by atoms with Crippen molar-refractivity contribution in [3.05, 3.63) is 58.0 Å². The van der Waals surface area contributed by atoms with E-state index in [1.807, 2.05) is 51.4 Å². The van der Waals surface area contributed by atoms with Crippen LogP contribution in [0.4, 0.5) is 0 Å². The second kappa shape index (κ2) is 7.57. The molecule has 1 aliphatic heterocycles. The normalized spacial score (nSPS) is 15.3. The molecule has 1 fully saturated rings. The van der Waals surface area contributed by atoms with Crippen LogP contribution < -0.4 is 0 Å². The van der Waals surface area contributed by atoms with Gasteiger partial charge in [0.2, 0.25) is 0 Å². The van der Waals surface area contributed by atoms with Gasteiger partial charge in [-0.05, 0) is 23.6 Å². The van der Waals surface area contributed by atoms with Crippen LogP contribution in [-0.4, -0.2) is 56.7 Å². The van der Waals surface area contributed by atoms with Crippen molar-refractivity contribution in [3.8, 4) is 11.4 Å². The highest BCUT2D eigenvalue weighted by atomic mass is 35.5. The molecule has 0 saturated carbocycles. The van der Waals surface area contributed by atoms with Crippen LogP contribution >= 0.6 is 22.9 Å². The number of halogens is 1. The third kappa shape index (κ3) is 3.51. The Kier molecular flexibility index (Phi) is 5.01. The molecule has 0 aliphatic carbocycles. The molecule has 4 rings (SSSR count). The summed E-state index contributed by atoms with van der Waals surface area (Å²) in [4.78, 5) is 21.8. The molecule has 0 bridgehead atoms. The van der Waals surface area contributed by atoms with Crippen molar-refractivity contribution >= 4 is 28.8 Å². The maximum absolute atomic E-state index is 12.4. The van der Waals surface area contributed by atoms with Gasteiger partial charge in [0.1, 0.15) is 6.33 Å². The van der Waals surface area contributed by atoms with Crippen LogP contribution in [0.5, 0.6) is 0 Å². The topological polar surface area (TPSA) is 54.3 Å². The molecular formula is C18H18ClN5OS. The Morgan fingerprint density at radius 3 is 2.65 bits per heavy atom. The summed E-state index contributed by atoms with van der Waals surface area (Å²) < 4.78 is 1.86. The molecule has 3 aromatic rings. The molecular weight excluding hydrogens is 370 g/mol. The number of aromatic nitrogens is 3. The minimum Gasteiger partial charge on any atom is -0.335 e. The van der Waals surface area contributed by atoms with E-state index < -0.39 is 0 Å². The predicted octanol–water partition coefficient (Wildman–Crippen LogP) is 3.08. The molecule has 1 saturated heterocycles. The van der Waals surface area contributed by atoms with Crippen LogP contribution in [0, 0.1) is 0 Å². The number of piperazine rings is 1. The van der Waals surface area contributed by atoms with Crippen molar-refractivity contribution in [2.75, 3.05) is 26.2 Å². The summed E-state index contributed by atoms with van der Waals surface area (Å²) in [6.45, 7) is 3.67. The van der Waals surface area contributed by atoms with E-state index in [9.17, 15) is 4.79 Å². The highest BCUT2D eigenvalue weighted by Gasteiger charge is 2.23. The van der Waals surface area contributed by atoms with Gasteiger partial charge in [-0.15, -0.1) is 11.3 Å². The molecule has 0 N–H and O–H groups in total. The number of nitrogens with zero attached hydrogens (tertiary/aromatic N) is 5. The van der Waals surface area contributed by atoms with Gasteiger partial charge in [0.05, 0.1) is 16.6 Å². The molecule has 8 heteroatoms. The van der Waals surface area contributed by atoms with Crippen LogP contribution in [0.1, 0.15) is 9.67 Å². The van der Waals surface area contributed by atoms with Crippen molar-refractivity contribution in [1.29, 1.82) is 0 Å². The average Bonchev–Trinajstić information content (AvgIpc) is 3.34. The van der Waals surface area contributed by atoms with E-state index in [1.165, 1.54) is 11.3 Å². The molecule has 2 aromatic heterocycles. The Labute approximate surface area is 160 Å². The van der Waals surface area contributed by atoms with E-state index in [4.69, 9.17) is 11.6 Å². The zero-order valence-electron chi connectivity index (χ0n) is 14.1. The summed E-state index contributed by atoms with van der Waals surface area (Å²) >= 11 is 7.79. The van der Waals surface area contributed by atoms with Crippen LogP contribution in [0.25, 0.3) is 11.4 Å². The van der Waals surface area contributed by atoms with Crippen LogP contribution in [0.2, 0.25) is 5.02 Å². The van der Waals surface area contributed by atoms with Crippen molar-refractivity contribution in [2.45, 2.75) is 6.67 Å². The second-order valence-electron chi connectivity index (χ2n) is 6.09. The lowest BCUT2D eigenvalue weighted by Gasteiger charge is -2.34. The number of benzene rings is 1. The summed E-state index contributed by atoms with van der Waals surface area (Å²) in [5, 5.41) is 6.94. The number of rotatable bonds is 4. The SMILES string of the molecule is O=C(c1cccs1)N1CCN(Cn2ncnc2-c2ccccc2Cl)CC1. The predicted molar refractivity (Wildman–Crippen MR) is 102 cm³/mol. The van der Waals surface area contributed by atoms with E-state index >= 15 is 0 Å². The quantitative estimate of drug-likeness (QED) is 0.690. The van der Waals surface area contributed by atoms with E-state index in [-0.39, 0.29) is 5.91 Å². The molecule has 0 spiro atoms. The van der Waals surface area contributed by atoms with Gasteiger partial charge in [0.15, 0.2) is 5.82 Å². The molecule has 6 nitrogen and oxygen atoms in total. The second-order valence-corrected chi connectivity index (χ2v) is 7.45. The first-order chi connectivity index (χ1) is 12.7. The zero-order valence-corrected chi connectivity index (χ0v) is 15.7. The minimum atomic E-state index is 0.122. The van der Waals surface area contributed by atoms with Crippen molar-refractivity contribution < 1.29 is 4.79 Å². The van der Waals surface area contributed by atoms with Gasteiger partial charge < -0.3 is 4.90 Å². The van der Waals surface area contributed by atoms with Gasteiger partial charge in [-0.2, -0.15) is 5.10 Å². The Balaban J connectivity index is 1.41. The molecule has 1 aromatic carbocycles. The van der Waals surface area contributed by atoms with Crippen LogP contribution in [-0.2, 0) is 6.67 Å². The lowest BCUT2D eigenvalue weighted by atomic mass is 10.2. The lowest BCUT2D eigenvalue weighted by Crippen LogP contribution is -2.48. The molecule has 1 aliphatic rings. The molecule has 134 valence electrons. The molecule has 26 heavy (non-hydrogen) atoms. The number of amides is 1. The van der Waals surface area contributed by atoms with Crippen LogP contribution in [0.3, 0.4) is 0 Å². The molecule has 0 unspecified atom stereocenters. The maximum Gasteiger partial charge on any atom is 0.264 e. The van der Waals surface area contributed by atoms with Gasteiger partial charge in [0.25, 0.3) is 5.91 Å². The van der Waals surface area contributed by atoms with E-state index in [0.717, 1.165) is 29.4 Å². The fourth-order valence-electron chi connectivity index (χ4n) is 3.06. The maximum atomic E-state index is 12.4. The lowest BCUT2D eigenvalue weighted by molar-refractivity contribution is 0.0592. The van der Waals surface area contributed by atoms with E-state index in [2.05, 4.69) is 15.0 Å². The first-order valence-corrected chi connectivity index (χ1v) is 9.66. The Bertz CT molecular complexity index is 887. The molecule has 3 heterocycles. The monoisotopic (exact) mass is 387 g/mol. The average molecular weight is 388 g/mol. The Morgan fingerprint density at radius 2 is 1.92 bits per heavy atom. The minimum absolute atomic E-state index is 0.122. The highest BCUT2D eigenvalue weighted by molar-refractivity contribution is 7.12. The van der Waals surface area contributed by atoms with Gasteiger partial charge in [-0.25, -0.2) is 9.67 Å². The third-order valence-corrected chi connectivity index (χ3v) is 5.64. The molecule has 1 amide bonds. The fourth-order valence-corrected chi connectivity index (χ4v) is 3.97. The van der Waals surface area contributed by atoms with Gasteiger partial charge in [-0.3, -0.25) is 9.69 Å². The summed E-state index contributed by atoms with van der Waals surface area (Å²) in [5.74, 6) is 0.879. The summed E-state index contributed by atoms with van der Waals surface area (Å²) in [6.07, 6.45) is 1.55. The van der Waals surface area contributed by atoms with Crippen molar-refractivity contribution in [1.82, 2.24) is 24.6 Å². The highest BCUT2D eigenvalue weighted by Crippen LogP contribution is 2.25. The third-order valence-electron chi connectivity index (χ3n) is 4.46. The van der Waals surface area contributed by atoms with Crippen LogP contribution in [0.15, 0.2) is 48.1 Å². The number of carbonyl (C=O) groups excluding carboxylic acids is 1. The molecule has 0 radical (unpaired) electrons. The Hall–Kier alpha value is -2.22. The zero-order chi connectivity index (χ0) is 17.9. The van der Waals surface area contributed by atoms with Gasteiger partial charge in [0, 0.05) is 31.7 Å². The Morgan fingerprint density at radius 1 is 1.12 bits per heavy atom. The van der Waals surface area contributed by atoms with Crippen molar-refractivity contribution in [2.24, 2.45) is 0 Å². The first-order valence-electron chi connectivity index (χ1n) is 8.40. The summed E-state index contributed by atoms with van der Waals surface area (Å²) in [5.41, 5.74) is 0.873. The number of hydrogen-bond acceptors (Lipinski definition) is 5. The van der Waals surface area contributed by atoms with Gasteiger partial charge >= 0.3 is 0 Å². The molecule has 0 atom stereocenters. The largest absolute Gasteiger partial charge is 0.335 e. The number of hydrogen-bond donors (Lipinski definition) is 0. The first kappa shape index (κ1) is 17.2.